The molecule has 0 saturated carbocycles. The molecule has 0 spiro atoms. The topological polar surface area (TPSA) is 84.0 Å². The summed E-state index contributed by atoms with van der Waals surface area (Å²) in [6, 6.07) is 6.32. The Labute approximate surface area is 151 Å². The van der Waals surface area contributed by atoms with Crippen LogP contribution in [0.4, 0.5) is 10.8 Å². The van der Waals surface area contributed by atoms with Crippen LogP contribution in [0.3, 0.4) is 0 Å². The summed E-state index contributed by atoms with van der Waals surface area (Å²) in [5.41, 5.74) is 3.64. The maximum absolute atomic E-state index is 11.0. The van der Waals surface area contributed by atoms with E-state index in [1.165, 1.54) is 34.2 Å². The second-order valence-electron chi connectivity index (χ2n) is 5.17. The Morgan fingerprint density at radius 2 is 1.83 bits per heavy atom. The molecule has 0 aliphatic carbocycles. The van der Waals surface area contributed by atoms with Crippen molar-refractivity contribution >= 4 is 43.9 Å². The van der Waals surface area contributed by atoms with E-state index in [4.69, 9.17) is 0 Å². The normalized spacial score (nSPS) is 11.6. The number of benzene rings is 1. The smallest absolute Gasteiger partial charge is 0.210 e. The quantitative estimate of drug-likeness (QED) is 0.509. The molecule has 0 amide bonds. The zero-order valence-corrected chi connectivity index (χ0v) is 16.4. The third kappa shape index (κ3) is 5.73. The van der Waals surface area contributed by atoms with Gasteiger partial charge in [0.15, 0.2) is 4.34 Å². The van der Waals surface area contributed by atoms with Crippen LogP contribution >= 0.6 is 23.1 Å². The molecule has 0 unspecified atom stereocenters. The minimum absolute atomic E-state index is 0.379. The van der Waals surface area contributed by atoms with E-state index in [1.807, 2.05) is 0 Å². The molecule has 1 aromatic carbocycles. The highest BCUT2D eigenvalue weighted by atomic mass is 32.2. The number of rotatable bonds is 9. The summed E-state index contributed by atoms with van der Waals surface area (Å²) in [5, 5.41) is 12.5. The summed E-state index contributed by atoms with van der Waals surface area (Å²) in [7, 11) is -3.14. The van der Waals surface area contributed by atoms with Crippen molar-refractivity contribution in [3.63, 3.8) is 0 Å². The zero-order chi connectivity index (χ0) is 17.6. The minimum atomic E-state index is -3.14. The zero-order valence-electron chi connectivity index (χ0n) is 14.0. The molecule has 0 fully saturated rings. The Morgan fingerprint density at radius 3 is 2.42 bits per heavy atom. The van der Waals surface area contributed by atoms with Crippen LogP contribution in [0.2, 0.25) is 0 Å². The fraction of sp³-hybridized carbons (Fsp3) is 0.467. The van der Waals surface area contributed by atoms with Crippen LogP contribution < -0.4 is 10.0 Å². The van der Waals surface area contributed by atoms with Crippen LogP contribution in [0, 0.1) is 0 Å². The van der Waals surface area contributed by atoms with Crippen LogP contribution in [0.5, 0.6) is 0 Å². The van der Waals surface area contributed by atoms with Crippen molar-refractivity contribution in [1.29, 1.82) is 0 Å². The number of nitrogens with one attached hydrogen (secondary N) is 2. The summed E-state index contributed by atoms with van der Waals surface area (Å²) in [6.07, 6.45) is 3.06. The maximum Gasteiger partial charge on any atom is 0.210 e. The molecular weight excluding hydrogens is 364 g/mol. The highest BCUT2D eigenvalue weighted by Gasteiger charge is 2.10. The van der Waals surface area contributed by atoms with E-state index in [9.17, 15) is 8.42 Å². The van der Waals surface area contributed by atoms with Crippen LogP contribution in [0.1, 0.15) is 25.0 Å². The van der Waals surface area contributed by atoms with Crippen molar-refractivity contribution in [2.45, 2.75) is 31.0 Å². The van der Waals surface area contributed by atoms with Crippen LogP contribution in [-0.2, 0) is 22.9 Å². The lowest BCUT2D eigenvalue weighted by Crippen LogP contribution is -2.24. The number of hydrogen-bond acceptors (Lipinski definition) is 7. The van der Waals surface area contributed by atoms with Gasteiger partial charge in [-0.15, -0.1) is 10.2 Å². The Hall–Kier alpha value is -1.16. The molecule has 6 nitrogen and oxygen atoms in total. The number of hydrogen-bond donors (Lipinski definition) is 2. The molecule has 9 heteroatoms. The molecule has 0 aliphatic rings. The average molecular weight is 387 g/mol. The van der Waals surface area contributed by atoms with Crippen molar-refractivity contribution in [1.82, 2.24) is 14.9 Å². The molecule has 1 heterocycles. The third-order valence-electron chi connectivity index (χ3n) is 3.33. The fourth-order valence-corrected chi connectivity index (χ4v) is 4.48. The first-order chi connectivity index (χ1) is 11.4. The SMILES string of the molecule is CCc1cccc(CC)c1Nc1nnc(SCCNS(C)(=O)=O)s1. The fourth-order valence-electron chi connectivity index (χ4n) is 2.19. The van der Waals surface area contributed by atoms with Gasteiger partial charge in [0.25, 0.3) is 0 Å². The second kappa shape index (κ2) is 8.80. The van der Waals surface area contributed by atoms with Gasteiger partial charge in [0, 0.05) is 18.0 Å². The molecule has 0 bridgehead atoms. The lowest BCUT2D eigenvalue weighted by atomic mass is 10.0. The Bertz CT molecular complexity index is 753. The van der Waals surface area contributed by atoms with Gasteiger partial charge in [-0.2, -0.15) is 0 Å². The van der Waals surface area contributed by atoms with Gasteiger partial charge >= 0.3 is 0 Å². The lowest BCUT2D eigenvalue weighted by molar-refractivity contribution is 0.590. The van der Waals surface area contributed by atoms with Crippen molar-refractivity contribution < 1.29 is 8.42 Å². The largest absolute Gasteiger partial charge is 0.330 e. The van der Waals surface area contributed by atoms with E-state index in [-0.39, 0.29) is 0 Å². The van der Waals surface area contributed by atoms with E-state index >= 15 is 0 Å². The molecule has 2 aromatic rings. The van der Waals surface area contributed by atoms with E-state index in [1.54, 1.807) is 0 Å². The summed E-state index contributed by atoms with van der Waals surface area (Å²) in [4.78, 5) is 0. The van der Waals surface area contributed by atoms with Crippen molar-refractivity contribution in [2.24, 2.45) is 0 Å². The van der Waals surface area contributed by atoms with Gasteiger partial charge in [-0.1, -0.05) is 55.1 Å². The maximum atomic E-state index is 11.0. The standard InChI is InChI=1S/C15H22N4O2S3/c1-4-11-7-6-8-12(5-2)13(11)17-14-18-19-15(23-14)22-10-9-16-24(3,20)21/h6-8,16H,4-5,9-10H2,1-3H3,(H,17,18). The molecule has 1 aromatic heterocycles. The predicted octanol–water partition coefficient (Wildman–Crippen LogP) is 3.05. The number of aryl methyl sites for hydroxylation is 2. The summed E-state index contributed by atoms with van der Waals surface area (Å²) in [5.74, 6) is 0.619. The van der Waals surface area contributed by atoms with Crippen molar-refractivity contribution in [3.8, 4) is 0 Å². The van der Waals surface area contributed by atoms with Gasteiger partial charge in [0.05, 0.1) is 6.26 Å². The molecule has 24 heavy (non-hydrogen) atoms. The van der Waals surface area contributed by atoms with E-state index in [0.717, 1.165) is 34.3 Å². The number of para-hydroxylation sites is 1. The third-order valence-corrected chi connectivity index (χ3v) is 6.03. The first-order valence-corrected chi connectivity index (χ1v) is 11.4. The number of thioether (sulfide) groups is 1. The van der Waals surface area contributed by atoms with Gasteiger partial charge in [-0.05, 0) is 24.0 Å². The number of anilines is 2. The van der Waals surface area contributed by atoms with Crippen LogP contribution in [-0.4, -0.2) is 37.2 Å². The number of sulfonamides is 1. The first-order valence-electron chi connectivity index (χ1n) is 7.71. The molecule has 0 radical (unpaired) electrons. The van der Waals surface area contributed by atoms with Gasteiger partial charge in [0.1, 0.15) is 0 Å². The van der Waals surface area contributed by atoms with Crippen LogP contribution in [0.15, 0.2) is 22.5 Å². The monoisotopic (exact) mass is 386 g/mol. The van der Waals surface area contributed by atoms with Gasteiger partial charge in [-0.25, -0.2) is 13.1 Å². The molecule has 132 valence electrons. The summed E-state index contributed by atoms with van der Waals surface area (Å²) in [6.45, 7) is 4.65. The highest BCUT2D eigenvalue weighted by Crippen LogP contribution is 2.31. The van der Waals surface area contributed by atoms with Gasteiger partial charge in [0.2, 0.25) is 15.2 Å². The molecule has 0 atom stereocenters. The average Bonchev–Trinajstić information content (AvgIpc) is 2.98. The minimum Gasteiger partial charge on any atom is -0.330 e. The highest BCUT2D eigenvalue weighted by molar-refractivity contribution is 8.01. The second-order valence-corrected chi connectivity index (χ2v) is 9.32. The predicted molar refractivity (Wildman–Crippen MR) is 102 cm³/mol. The van der Waals surface area contributed by atoms with Crippen LogP contribution in [0.25, 0.3) is 0 Å². The van der Waals surface area contributed by atoms with Gasteiger partial charge < -0.3 is 5.32 Å². The molecule has 0 saturated heterocycles. The first kappa shape index (κ1) is 19.2. The van der Waals surface area contributed by atoms with Gasteiger partial charge in [-0.3, -0.25) is 0 Å². The summed E-state index contributed by atoms with van der Waals surface area (Å²) < 4.78 is 25.3. The van der Waals surface area contributed by atoms with E-state index in [0.29, 0.717) is 12.3 Å². The number of nitrogens with zero attached hydrogens (tertiary/aromatic N) is 2. The number of aromatic nitrogens is 2. The summed E-state index contributed by atoms with van der Waals surface area (Å²) >= 11 is 2.97. The lowest BCUT2D eigenvalue weighted by Gasteiger charge is -2.13. The van der Waals surface area contributed by atoms with Crippen molar-refractivity contribution in [2.75, 3.05) is 23.9 Å². The Morgan fingerprint density at radius 1 is 1.17 bits per heavy atom. The molecular formula is C15H22N4O2S3. The molecule has 2 rings (SSSR count). The molecule has 2 N–H and O–H groups in total. The van der Waals surface area contributed by atoms with E-state index in [2.05, 4.69) is 52.3 Å². The Balaban J connectivity index is 1.99. The Kier molecular flexibility index (Phi) is 7.02. The van der Waals surface area contributed by atoms with E-state index < -0.39 is 10.0 Å². The molecule has 0 aliphatic heterocycles. The van der Waals surface area contributed by atoms with Crippen molar-refractivity contribution in [3.05, 3.63) is 29.3 Å².